The SMILES string of the molecule is C[C@H](N)C(=O)N1CCCC(c2ccn(S(N)(=O)=O)c2C(=O)O)C1. The molecule has 23 heavy (non-hydrogen) atoms. The largest absolute Gasteiger partial charge is 0.477 e. The van der Waals surface area contributed by atoms with Crippen LogP contribution in [0.4, 0.5) is 0 Å². The van der Waals surface area contributed by atoms with Crippen molar-refractivity contribution in [1.29, 1.82) is 0 Å². The number of nitrogens with two attached hydrogens (primary N) is 2. The number of carboxylic acid groups (broad SMARTS) is 1. The minimum atomic E-state index is -4.20. The molecule has 0 aromatic carbocycles. The number of hydrogen-bond acceptors (Lipinski definition) is 5. The summed E-state index contributed by atoms with van der Waals surface area (Å²) in [6, 6.07) is 0.792. The van der Waals surface area contributed by atoms with E-state index in [1.165, 1.54) is 6.07 Å². The highest BCUT2D eigenvalue weighted by Gasteiger charge is 2.31. The van der Waals surface area contributed by atoms with Crippen LogP contribution in [0, 0.1) is 0 Å². The van der Waals surface area contributed by atoms with Crippen LogP contribution >= 0.6 is 0 Å². The number of aromatic carboxylic acids is 1. The molecule has 1 fully saturated rings. The van der Waals surface area contributed by atoms with Gasteiger partial charge in [0.1, 0.15) is 5.69 Å². The molecule has 1 aliphatic rings. The Morgan fingerprint density at radius 1 is 1.43 bits per heavy atom. The monoisotopic (exact) mass is 344 g/mol. The Bertz CT molecular complexity index is 725. The van der Waals surface area contributed by atoms with Crippen LogP contribution in [0.5, 0.6) is 0 Å². The Balaban J connectivity index is 2.37. The van der Waals surface area contributed by atoms with Crippen LogP contribution in [0.25, 0.3) is 0 Å². The first-order valence-corrected chi connectivity index (χ1v) is 8.65. The summed E-state index contributed by atoms with van der Waals surface area (Å²) < 4.78 is 23.6. The molecule has 0 bridgehead atoms. The normalized spacial score (nSPS) is 20.3. The molecule has 9 nitrogen and oxygen atoms in total. The smallest absolute Gasteiger partial charge is 0.353 e. The molecule has 0 spiro atoms. The average Bonchev–Trinajstić information content (AvgIpc) is 2.91. The Morgan fingerprint density at radius 3 is 2.61 bits per heavy atom. The van der Waals surface area contributed by atoms with Crippen LogP contribution in [0.3, 0.4) is 0 Å². The fraction of sp³-hybridized carbons (Fsp3) is 0.538. The second-order valence-electron chi connectivity index (χ2n) is 5.68. The van der Waals surface area contributed by atoms with Crippen molar-refractivity contribution in [2.24, 2.45) is 10.9 Å². The minimum Gasteiger partial charge on any atom is -0.477 e. The molecule has 1 aromatic heterocycles. The summed E-state index contributed by atoms with van der Waals surface area (Å²) in [5.74, 6) is -1.87. The van der Waals surface area contributed by atoms with Gasteiger partial charge in [0.25, 0.3) is 0 Å². The summed E-state index contributed by atoms with van der Waals surface area (Å²) in [6.45, 7) is 2.44. The molecule has 1 saturated heterocycles. The van der Waals surface area contributed by atoms with E-state index in [9.17, 15) is 23.1 Å². The first kappa shape index (κ1) is 17.4. The zero-order chi connectivity index (χ0) is 17.4. The summed E-state index contributed by atoms with van der Waals surface area (Å²) in [6.07, 6.45) is 2.46. The van der Waals surface area contributed by atoms with Crippen molar-refractivity contribution in [2.75, 3.05) is 13.1 Å². The fourth-order valence-electron chi connectivity index (χ4n) is 2.91. The standard InChI is InChI=1S/C13H20N4O5S/c1-8(14)12(18)16-5-2-3-9(7-16)10-4-6-17(23(15,21)22)11(10)13(19)20/h4,6,8-9H,2-3,5,7,14H2,1H3,(H,19,20)(H2,15,21,22)/t8-,9?/m0/s1. The van der Waals surface area contributed by atoms with Crippen molar-refractivity contribution in [3.05, 3.63) is 23.5 Å². The van der Waals surface area contributed by atoms with Crippen molar-refractivity contribution >= 4 is 22.1 Å². The van der Waals surface area contributed by atoms with Gasteiger partial charge >= 0.3 is 16.2 Å². The second kappa shape index (κ2) is 6.30. The van der Waals surface area contributed by atoms with Gasteiger partial charge in [0.05, 0.1) is 6.04 Å². The van der Waals surface area contributed by atoms with Gasteiger partial charge in [-0.3, -0.25) is 4.79 Å². The Kier molecular flexibility index (Phi) is 4.78. The van der Waals surface area contributed by atoms with Crippen molar-refractivity contribution in [3.63, 3.8) is 0 Å². The molecule has 1 aromatic rings. The van der Waals surface area contributed by atoms with Gasteiger partial charge in [-0.15, -0.1) is 0 Å². The number of likely N-dealkylation sites (tertiary alicyclic amines) is 1. The van der Waals surface area contributed by atoms with E-state index in [2.05, 4.69) is 0 Å². The summed E-state index contributed by atoms with van der Waals surface area (Å²) >= 11 is 0. The fourth-order valence-corrected chi connectivity index (χ4v) is 3.58. The lowest BCUT2D eigenvalue weighted by Crippen LogP contribution is -2.46. The summed E-state index contributed by atoms with van der Waals surface area (Å²) in [7, 11) is -4.20. The van der Waals surface area contributed by atoms with Gasteiger partial charge in [-0.2, -0.15) is 8.42 Å². The van der Waals surface area contributed by atoms with Gasteiger partial charge in [0.15, 0.2) is 0 Å². The Labute approximate surface area is 134 Å². The van der Waals surface area contributed by atoms with Gasteiger partial charge < -0.3 is 15.7 Å². The average molecular weight is 344 g/mol. The highest BCUT2D eigenvalue weighted by molar-refractivity contribution is 7.87. The molecule has 2 rings (SSSR count). The van der Waals surface area contributed by atoms with Crippen molar-refractivity contribution in [3.8, 4) is 0 Å². The molecule has 128 valence electrons. The van der Waals surface area contributed by atoms with Gasteiger partial charge in [-0.1, -0.05) is 0 Å². The summed E-state index contributed by atoms with van der Waals surface area (Å²) in [5.41, 5.74) is 5.58. The van der Waals surface area contributed by atoms with E-state index in [4.69, 9.17) is 10.9 Å². The number of hydrogen-bond donors (Lipinski definition) is 3. The number of amides is 1. The maximum Gasteiger partial charge on any atom is 0.353 e. The lowest BCUT2D eigenvalue weighted by Gasteiger charge is -2.33. The third kappa shape index (κ3) is 3.54. The number of nitrogens with zero attached hydrogens (tertiary/aromatic N) is 2. The van der Waals surface area contributed by atoms with Crippen LogP contribution in [0.1, 0.15) is 41.7 Å². The molecular weight excluding hydrogens is 324 g/mol. The van der Waals surface area contributed by atoms with Crippen LogP contribution in [0.2, 0.25) is 0 Å². The number of aromatic nitrogens is 1. The van der Waals surface area contributed by atoms with E-state index in [0.29, 0.717) is 35.5 Å². The molecular formula is C13H20N4O5S. The molecule has 10 heteroatoms. The van der Waals surface area contributed by atoms with Gasteiger partial charge in [0.2, 0.25) is 5.91 Å². The van der Waals surface area contributed by atoms with Crippen LogP contribution < -0.4 is 10.9 Å². The second-order valence-corrected chi connectivity index (χ2v) is 7.10. The number of carbonyl (C=O) groups is 2. The van der Waals surface area contributed by atoms with E-state index >= 15 is 0 Å². The van der Waals surface area contributed by atoms with E-state index in [-0.39, 0.29) is 17.5 Å². The van der Waals surface area contributed by atoms with Crippen molar-refractivity contribution < 1.29 is 23.1 Å². The van der Waals surface area contributed by atoms with Crippen molar-refractivity contribution in [1.82, 2.24) is 8.87 Å². The Hall–Kier alpha value is -1.91. The first-order chi connectivity index (χ1) is 10.6. The lowest BCUT2D eigenvalue weighted by molar-refractivity contribution is -0.133. The number of carbonyl (C=O) groups excluding carboxylic acids is 1. The highest BCUT2D eigenvalue weighted by Crippen LogP contribution is 2.30. The molecule has 1 amide bonds. The maximum absolute atomic E-state index is 12.0. The molecule has 2 heterocycles. The van der Waals surface area contributed by atoms with Gasteiger partial charge in [0, 0.05) is 25.2 Å². The highest BCUT2D eigenvalue weighted by atomic mass is 32.2. The molecule has 2 atom stereocenters. The van der Waals surface area contributed by atoms with E-state index in [1.807, 2.05) is 0 Å². The van der Waals surface area contributed by atoms with E-state index in [1.54, 1.807) is 11.8 Å². The third-order valence-corrected chi connectivity index (χ3v) is 4.78. The van der Waals surface area contributed by atoms with Crippen LogP contribution in [0.15, 0.2) is 12.3 Å². The molecule has 1 unspecified atom stereocenters. The molecule has 5 N–H and O–H groups in total. The molecule has 0 radical (unpaired) electrons. The van der Waals surface area contributed by atoms with Gasteiger partial charge in [-0.05, 0) is 31.4 Å². The quantitative estimate of drug-likeness (QED) is 0.657. The summed E-state index contributed by atoms with van der Waals surface area (Å²) in [5, 5.41) is 14.4. The predicted octanol–water partition coefficient (Wildman–Crippen LogP) is -0.709. The van der Waals surface area contributed by atoms with E-state index < -0.39 is 22.2 Å². The third-order valence-electron chi connectivity index (χ3n) is 3.92. The zero-order valence-corrected chi connectivity index (χ0v) is 13.5. The number of rotatable bonds is 4. The lowest BCUT2D eigenvalue weighted by atomic mass is 9.90. The predicted molar refractivity (Wildman–Crippen MR) is 82.1 cm³/mol. The van der Waals surface area contributed by atoms with Crippen molar-refractivity contribution in [2.45, 2.75) is 31.7 Å². The summed E-state index contributed by atoms with van der Waals surface area (Å²) in [4.78, 5) is 25.1. The Morgan fingerprint density at radius 2 is 2.09 bits per heavy atom. The van der Waals surface area contributed by atoms with Crippen LogP contribution in [-0.2, 0) is 15.0 Å². The molecule has 1 aliphatic heterocycles. The van der Waals surface area contributed by atoms with Crippen LogP contribution in [-0.4, -0.2) is 53.4 Å². The minimum absolute atomic E-state index is 0.211. The zero-order valence-electron chi connectivity index (χ0n) is 12.7. The maximum atomic E-state index is 12.0. The van der Waals surface area contributed by atoms with E-state index in [0.717, 1.165) is 6.20 Å². The molecule has 0 saturated carbocycles. The molecule has 0 aliphatic carbocycles. The topological polar surface area (TPSA) is 149 Å². The first-order valence-electron chi connectivity index (χ1n) is 7.15. The van der Waals surface area contributed by atoms with Gasteiger partial charge in [-0.25, -0.2) is 13.9 Å². The number of piperidine rings is 1. The number of carboxylic acids is 1.